The van der Waals surface area contributed by atoms with E-state index in [4.69, 9.17) is 0 Å². The zero-order valence-corrected chi connectivity index (χ0v) is 12.4. The fourth-order valence-electron chi connectivity index (χ4n) is 1.71. The summed E-state index contributed by atoms with van der Waals surface area (Å²) in [5.41, 5.74) is 0. The first-order chi connectivity index (χ1) is 8.00. The summed E-state index contributed by atoms with van der Waals surface area (Å²) in [6, 6.07) is 0. The van der Waals surface area contributed by atoms with Gasteiger partial charge in [-0.15, -0.1) is 0 Å². The topological polar surface area (TPSA) is 0 Å². The van der Waals surface area contributed by atoms with Crippen molar-refractivity contribution >= 4 is 0 Å². The molecule has 1 heteroatoms. The van der Waals surface area contributed by atoms with E-state index in [1.54, 1.807) is 0 Å². The van der Waals surface area contributed by atoms with Gasteiger partial charge in [0.05, 0.1) is 0 Å². The molecule has 0 aromatic heterocycles. The Hall–Kier alpha value is -0.417. The summed E-state index contributed by atoms with van der Waals surface area (Å²) in [6.07, 6.45) is 28.0. The van der Waals surface area contributed by atoms with Crippen LogP contribution in [0, 0.1) is 0 Å². The van der Waals surface area contributed by atoms with Crippen molar-refractivity contribution in [3.8, 4) is 0 Å². The number of rotatable bonds is 0. The smallest absolute Gasteiger partial charge is 0 e. The van der Waals surface area contributed by atoms with Gasteiger partial charge >= 0.3 is 0 Å². The van der Waals surface area contributed by atoms with Crippen molar-refractivity contribution in [2.45, 2.75) is 51.4 Å². The summed E-state index contributed by atoms with van der Waals surface area (Å²) in [4.78, 5) is 0. The predicted octanol–water partition coefficient (Wildman–Crippen LogP) is 5.34. The summed E-state index contributed by atoms with van der Waals surface area (Å²) in [5.74, 6) is 0. The molecule has 0 saturated carbocycles. The van der Waals surface area contributed by atoms with Crippen molar-refractivity contribution in [2.75, 3.05) is 0 Å². The van der Waals surface area contributed by atoms with Crippen LogP contribution in [-0.4, -0.2) is 0 Å². The molecule has 0 aliphatic heterocycles. The van der Waals surface area contributed by atoms with E-state index >= 15 is 0 Å². The molecule has 96 valence electrons. The molecule has 0 radical (unpaired) electrons. The van der Waals surface area contributed by atoms with Gasteiger partial charge in [0.1, 0.15) is 0 Å². The van der Waals surface area contributed by atoms with Crippen LogP contribution in [-0.2, 0) is 19.5 Å². The Labute approximate surface area is 119 Å². The fourth-order valence-corrected chi connectivity index (χ4v) is 1.71. The molecule has 2 aliphatic rings. The van der Waals surface area contributed by atoms with Crippen LogP contribution < -0.4 is 0 Å². The van der Waals surface area contributed by atoms with Crippen LogP contribution in [0.1, 0.15) is 51.4 Å². The molecule has 0 unspecified atom stereocenters. The molecule has 0 fully saturated rings. The molecule has 0 aromatic carbocycles. The van der Waals surface area contributed by atoms with Crippen molar-refractivity contribution in [1.29, 1.82) is 0 Å². The molecule has 0 atom stereocenters. The van der Waals surface area contributed by atoms with Crippen LogP contribution in [0.5, 0.6) is 0 Å². The van der Waals surface area contributed by atoms with Crippen LogP contribution in [0.4, 0.5) is 0 Å². The van der Waals surface area contributed by atoms with Crippen LogP contribution in [0.15, 0.2) is 48.6 Å². The Morgan fingerprint density at radius 3 is 0.529 bits per heavy atom. The van der Waals surface area contributed by atoms with Gasteiger partial charge < -0.3 is 0 Å². The van der Waals surface area contributed by atoms with E-state index in [0.29, 0.717) is 0 Å². The average Bonchev–Trinajstić information content (AvgIpc) is 2.15. The van der Waals surface area contributed by atoms with Crippen molar-refractivity contribution < 1.29 is 19.5 Å². The van der Waals surface area contributed by atoms with E-state index in [9.17, 15) is 0 Å². The third kappa shape index (κ3) is 11.8. The molecule has 0 N–H and O–H groups in total. The van der Waals surface area contributed by atoms with Crippen molar-refractivity contribution in [3.05, 3.63) is 48.6 Å². The molecule has 17 heavy (non-hydrogen) atoms. The maximum atomic E-state index is 2.27. The van der Waals surface area contributed by atoms with Crippen molar-refractivity contribution in [1.82, 2.24) is 0 Å². The molecular weight excluding hydrogens is 293 g/mol. The second-order valence-electron chi connectivity index (χ2n) is 4.20. The van der Waals surface area contributed by atoms with Gasteiger partial charge in [-0.25, -0.2) is 0 Å². The van der Waals surface area contributed by atoms with Gasteiger partial charge in [-0.1, -0.05) is 48.6 Å². The van der Waals surface area contributed by atoms with E-state index in [1.807, 2.05) is 0 Å². The minimum atomic E-state index is 0. The van der Waals surface area contributed by atoms with Gasteiger partial charge in [0.25, 0.3) is 0 Å². The Bertz CT molecular complexity index is 179. The normalized spacial score (nSPS) is 26.4. The van der Waals surface area contributed by atoms with Crippen LogP contribution in [0.25, 0.3) is 0 Å². The Balaban J connectivity index is 0.000000284. The van der Waals surface area contributed by atoms with Gasteiger partial charge in [0.2, 0.25) is 0 Å². The number of hydrogen-bond acceptors (Lipinski definition) is 0. The standard InChI is InChI=1S/2C8H12.Ru/c2*1-2-4-6-8-7-5-3-1;/h2*1-2,7-8H,3-6H2;/b2*2-1-,8-7-;. The minimum Gasteiger partial charge on any atom is -0.0882 e. The van der Waals surface area contributed by atoms with Crippen molar-refractivity contribution in [3.63, 3.8) is 0 Å². The molecule has 0 spiro atoms. The van der Waals surface area contributed by atoms with Crippen LogP contribution in [0.2, 0.25) is 0 Å². The van der Waals surface area contributed by atoms with Gasteiger partial charge in [0.15, 0.2) is 0 Å². The molecule has 0 nitrogen and oxygen atoms in total. The summed E-state index contributed by atoms with van der Waals surface area (Å²) in [6.45, 7) is 0. The maximum absolute atomic E-state index is 2.27. The first-order valence-corrected chi connectivity index (χ1v) is 6.60. The fraction of sp³-hybridized carbons (Fsp3) is 0.500. The average molecular weight is 317 g/mol. The van der Waals surface area contributed by atoms with Crippen molar-refractivity contribution in [2.24, 2.45) is 0 Å². The maximum Gasteiger partial charge on any atom is 0 e. The minimum absolute atomic E-state index is 0. The molecular formula is C16H24Ru. The third-order valence-corrected chi connectivity index (χ3v) is 2.67. The first-order valence-electron chi connectivity index (χ1n) is 6.60. The van der Waals surface area contributed by atoms with E-state index in [0.717, 1.165) is 0 Å². The summed E-state index contributed by atoms with van der Waals surface area (Å²) >= 11 is 0. The predicted molar refractivity (Wildman–Crippen MR) is 73.5 cm³/mol. The van der Waals surface area contributed by atoms with Gasteiger partial charge in [-0.2, -0.15) is 0 Å². The van der Waals surface area contributed by atoms with Crippen LogP contribution in [0.3, 0.4) is 0 Å². The van der Waals surface area contributed by atoms with E-state index in [-0.39, 0.29) is 19.5 Å². The first kappa shape index (κ1) is 16.6. The molecule has 0 aromatic rings. The third-order valence-electron chi connectivity index (χ3n) is 2.67. The SMILES string of the molecule is C1=C\CC/C=C\CC/1.C1=C\CC/C=C\CC/1.[Ru]. The quantitative estimate of drug-likeness (QED) is 0.418. The Morgan fingerprint density at radius 1 is 0.294 bits per heavy atom. The molecule has 0 heterocycles. The van der Waals surface area contributed by atoms with Gasteiger partial charge in [-0.05, 0) is 51.4 Å². The molecule has 0 amide bonds. The second kappa shape index (κ2) is 13.6. The summed E-state index contributed by atoms with van der Waals surface area (Å²) in [7, 11) is 0. The Morgan fingerprint density at radius 2 is 0.412 bits per heavy atom. The molecule has 0 bridgehead atoms. The summed E-state index contributed by atoms with van der Waals surface area (Å²) < 4.78 is 0. The molecule has 2 rings (SSSR count). The van der Waals surface area contributed by atoms with Gasteiger partial charge in [0, 0.05) is 19.5 Å². The van der Waals surface area contributed by atoms with Crippen LogP contribution >= 0.6 is 0 Å². The molecule has 0 saturated heterocycles. The van der Waals surface area contributed by atoms with E-state index < -0.39 is 0 Å². The number of hydrogen-bond donors (Lipinski definition) is 0. The summed E-state index contributed by atoms with van der Waals surface area (Å²) in [5, 5.41) is 0. The largest absolute Gasteiger partial charge is 0.0882 e. The van der Waals surface area contributed by atoms with Gasteiger partial charge in [-0.3, -0.25) is 0 Å². The Kier molecular flexibility index (Phi) is 13.3. The zero-order chi connectivity index (χ0) is 11.3. The number of allylic oxidation sites excluding steroid dienone is 8. The zero-order valence-electron chi connectivity index (χ0n) is 10.6. The second-order valence-corrected chi connectivity index (χ2v) is 4.20. The van der Waals surface area contributed by atoms with E-state index in [1.165, 1.54) is 51.4 Å². The monoisotopic (exact) mass is 318 g/mol. The molecule has 2 aliphatic carbocycles. The van der Waals surface area contributed by atoms with E-state index in [2.05, 4.69) is 48.6 Å².